The second kappa shape index (κ2) is 25.6. The van der Waals surface area contributed by atoms with Gasteiger partial charge in [-0.05, 0) is 102 Å². The number of carbonyl (C=O) groups is 5. The van der Waals surface area contributed by atoms with Gasteiger partial charge < -0.3 is 46.2 Å². The fraction of sp³-hybridized carbons (Fsp3) is 0.633. The lowest BCUT2D eigenvalue weighted by Crippen LogP contribution is -2.59. The average Bonchev–Trinajstić information content (AvgIpc) is 3.85. The van der Waals surface area contributed by atoms with Gasteiger partial charge in [-0.1, -0.05) is 6.07 Å². The SMILES string of the molecule is CC(C)N(C)[C@@H]1CC[C@H](N2CC[C@H](Nc3ncnc4ccc(C(F)(F)F)cc34)C2O)[C@H](NC(=O)CCCC(=O)NCCCOCCCNC(=O)CCCNC(=O)[C@H]2CC(=O)N(C)[C@@H]2c2cccnc2)C1. The van der Waals surface area contributed by atoms with Crippen LogP contribution in [0.1, 0.15) is 108 Å². The molecule has 384 valence electrons. The first-order valence-electron chi connectivity index (χ1n) is 24.6. The number of nitrogens with one attached hydrogen (secondary N) is 5. The average molecular weight is 982 g/mol. The Labute approximate surface area is 407 Å². The monoisotopic (exact) mass is 982 g/mol. The van der Waals surface area contributed by atoms with Crippen LogP contribution in [0, 0.1) is 5.92 Å². The molecule has 1 saturated carbocycles. The smallest absolute Gasteiger partial charge is 0.381 e. The van der Waals surface area contributed by atoms with Gasteiger partial charge in [-0.25, -0.2) is 9.97 Å². The molecule has 0 bridgehead atoms. The van der Waals surface area contributed by atoms with E-state index in [4.69, 9.17) is 4.74 Å². The minimum absolute atomic E-state index is 0.100. The highest BCUT2D eigenvalue weighted by Gasteiger charge is 2.45. The van der Waals surface area contributed by atoms with Crippen LogP contribution in [0.25, 0.3) is 10.9 Å². The normalized spacial score (nSPS) is 23.0. The number of fused-ring (bicyclic) bond motifs is 1. The number of aliphatic hydroxyl groups excluding tert-OH is 1. The molecule has 2 aliphatic heterocycles. The number of likely N-dealkylation sites (tertiary alicyclic amines) is 2. The first-order chi connectivity index (χ1) is 33.5. The maximum atomic E-state index is 13.6. The number of pyridine rings is 1. The predicted molar refractivity (Wildman–Crippen MR) is 256 cm³/mol. The number of aliphatic hydroxyl groups is 1. The maximum Gasteiger partial charge on any atom is 0.416 e. The van der Waals surface area contributed by atoms with Crippen LogP contribution in [0.2, 0.25) is 0 Å². The number of hydrogen-bond acceptors (Lipinski definition) is 13. The standard InChI is InChI=1S/C49H70F3N11O7/c1-31(2)61(3)34-15-17-40(63-23-18-38(48(63)69)60-46-35-26-33(49(50,51)52)14-16-37(35)57-30-58-46)39(27-34)59-43(66)12-5-11-41(64)54-21-8-24-70-25-9-22-55-42(65)13-7-20-56-47(68)36-28-44(67)62(4)45(36)32-10-6-19-53-29-32/h6,10,14,16,19,26,29-31,34,36,38-40,45,48,69H,5,7-9,11-13,15,17-18,20-25,27-28H2,1-4H3,(H,54,64)(H,55,65)(H,56,68)(H,59,66)(H,57,58,60)/t34-,36+,38+,39-,40+,45-,48?/m1/s1. The predicted octanol–water partition coefficient (Wildman–Crippen LogP) is 3.91. The van der Waals surface area contributed by atoms with Gasteiger partial charge in [0.15, 0.2) is 0 Å². The van der Waals surface area contributed by atoms with Crippen LogP contribution < -0.4 is 26.6 Å². The van der Waals surface area contributed by atoms with Gasteiger partial charge >= 0.3 is 6.18 Å². The summed E-state index contributed by atoms with van der Waals surface area (Å²) in [5.74, 6) is -1.10. The Morgan fingerprint density at radius 1 is 0.900 bits per heavy atom. The Bertz CT molecular complexity index is 2220. The molecule has 2 saturated heterocycles. The summed E-state index contributed by atoms with van der Waals surface area (Å²) in [6, 6.07) is 6.07. The molecule has 0 spiro atoms. The van der Waals surface area contributed by atoms with Crippen molar-refractivity contribution in [3.05, 3.63) is 60.2 Å². The minimum atomic E-state index is -4.54. The Morgan fingerprint density at radius 3 is 2.29 bits per heavy atom. The number of ether oxygens (including phenoxy) is 1. The molecular formula is C49H70F3N11O7. The number of benzene rings is 1. The summed E-state index contributed by atoms with van der Waals surface area (Å²) in [6.45, 7) is 6.79. The van der Waals surface area contributed by atoms with E-state index in [-0.39, 0.29) is 96.6 Å². The highest BCUT2D eigenvalue weighted by molar-refractivity contribution is 5.91. The Morgan fingerprint density at radius 2 is 1.60 bits per heavy atom. The van der Waals surface area contributed by atoms with Crippen LogP contribution in [0.3, 0.4) is 0 Å². The van der Waals surface area contributed by atoms with E-state index in [2.05, 4.69) is 67.3 Å². The fourth-order valence-electron chi connectivity index (χ4n) is 9.78. The van der Waals surface area contributed by atoms with E-state index in [1.165, 1.54) is 12.4 Å². The number of hydrogen-bond donors (Lipinski definition) is 6. The molecule has 3 aromatic rings. The molecule has 4 heterocycles. The molecule has 3 fully saturated rings. The molecule has 70 heavy (non-hydrogen) atoms. The quantitative estimate of drug-likeness (QED) is 0.0702. The topological polar surface area (TPSA) is 223 Å². The maximum absolute atomic E-state index is 13.6. The lowest BCUT2D eigenvalue weighted by molar-refractivity contribution is -0.137. The van der Waals surface area contributed by atoms with Crippen molar-refractivity contribution in [2.75, 3.05) is 58.8 Å². The van der Waals surface area contributed by atoms with Gasteiger partial charge in [0.1, 0.15) is 18.4 Å². The molecule has 18 nitrogen and oxygen atoms in total. The molecule has 5 amide bonds. The third-order valence-electron chi connectivity index (χ3n) is 13.8. The zero-order valence-corrected chi connectivity index (χ0v) is 40.7. The number of rotatable bonds is 24. The Hall–Kier alpha value is -5.51. The molecule has 6 rings (SSSR count). The molecule has 1 unspecified atom stereocenters. The van der Waals surface area contributed by atoms with Crippen molar-refractivity contribution >= 4 is 46.3 Å². The number of alkyl halides is 3. The zero-order chi connectivity index (χ0) is 50.4. The van der Waals surface area contributed by atoms with Gasteiger partial charge in [0.2, 0.25) is 29.5 Å². The van der Waals surface area contributed by atoms with Gasteiger partial charge in [-0.2, -0.15) is 13.2 Å². The highest BCUT2D eigenvalue weighted by Crippen LogP contribution is 2.38. The lowest BCUT2D eigenvalue weighted by atomic mass is 9.84. The van der Waals surface area contributed by atoms with Gasteiger partial charge in [-0.15, -0.1) is 0 Å². The van der Waals surface area contributed by atoms with E-state index in [0.29, 0.717) is 83.4 Å². The summed E-state index contributed by atoms with van der Waals surface area (Å²) >= 11 is 0. The third kappa shape index (κ3) is 14.8. The number of carbonyl (C=O) groups excluding carboxylic acids is 5. The summed E-state index contributed by atoms with van der Waals surface area (Å²) in [5, 5.41) is 26.9. The van der Waals surface area contributed by atoms with Crippen molar-refractivity contribution in [1.29, 1.82) is 0 Å². The van der Waals surface area contributed by atoms with E-state index < -0.39 is 29.9 Å². The number of halogens is 3. The van der Waals surface area contributed by atoms with Crippen molar-refractivity contribution < 1.29 is 47.0 Å². The Kier molecular flexibility index (Phi) is 19.7. The second-order valence-electron chi connectivity index (χ2n) is 18.9. The highest BCUT2D eigenvalue weighted by atomic mass is 19.4. The molecule has 3 aliphatic rings. The Balaban J connectivity index is 0.833. The van der Waals surface area contributed by atoms with Gasteiger partial charge in [-0.3, -0.25) is 33.9 Å². The van der Waals surface area contributed by atoms with Crippen LogP contribution >= 0.6 is 0 Å². The van der Waals surface area contributed by atoms with Crippen molar-refractivity contribution in [2.24, 2.45) is 5.92 Å². The van der Waals surface area contributed by atoms with Crippen LogP contribution in [-0.4, -0.2) is 154 Å². The van der Waals surface area contributed by atoms with Crippen LogP contribution in [0.15, 0.2) is 49.1 Å². The summed E-state index contributed by atoms with van der Waals surface area (Å²) in [7, 11) is 3.76. The largest absolute Gasteiger partial charge is 0.416 e. The number of amides is 5. The van der Waals surface area contributed by atoms with E-state index in [0.717, 1.165) is 30.5 Å². The van der Waals surface area contributed by atoms with Crippen molar-refractivity contribution in [1.82, 2.24) is 50.9 Å². The lowest BCUT2D eigenvalue weighted by Gasteiger charge is -2.45. The van der Waals surface area contributed by atoms with E-state index >= 15 is 0 Å². The number of nitrogens with zero attached hydrogens (tertiary/aromatic N) is 6. The molecular weight excluding hydrogens is 912 g/mol. The van der Waals surface area contributed by atoms with Gasteiger partial charge in [0.25, 0.3) is 0 Å². The van der Waals surface area contributed by atoms with Crippen molar-refractivity contribution in [3.8, 4) is 0 Å². The summed E-state index contributed by atoms with van der Waals surface area (Å²) < 4.78 is 46.3. The molecule has 6 N–H and O–H groups in total. The number of anilines is 1. The van der Waals surface area contributed by atoms with E-state index in [1.54, 1.807) is 30.4 Å². The van der Waals surface area contributed by atoms with Gasteiger partial charge in [0, 0.05) is 114 Å². The molecule has 1 aliphatic carbocycles. The van der Waals surface area contributed by atoms with Crippen LogP contribution in [-0.2, 0) is 34.9 Å². The van der Waals surface area contributed by atoms with Gasteiger partial charge in [0.05, 0.1) is 29.1 Å². The third-order valence-corrected chi connectivity index (χ3v) is 13.8. The summed E-state index contributed by atoms with van der Waals surface area (Å²) in [4.78, 5) is 82.0. The van der Waals surface area contributed by atoms with Crippen LogP contribution in [0.5, 0.6) is 0 Å². The minimum Gasteiger partial charge on any atom is -0.381 e. The number of aromatic nitrogens is 3. The van der Waals surface area contributed by atoms with Crippen molar-refractivity contribution in [2.45, 2.75) is 140 Å². The van der Waals surface area contributed by atoms with E-state index in [1.807, 2.05) is 11.0 Å². The van der Waals surface area contributed by atoms with E-state index in [9.17, 15) is 42.3 Å². The fourth-order valence-corrected chi connectivity index (χ4v) is 9.78. The zero-order valence-electron chi connectivity index (χ0n) is 40.7. The molecule has 2 aromatic heterocycles. The first kappa shape index (κ1) is 53.8. The summed E-state index contributed by atoms with van der Waals surface area (Å²) in [5.41, 5.74) is 0.339. The molecule has 0 radical (unpaired) electrons. The first-order valence-corrected chi connectivity index (χ1v) is 24.6. The molecule has 1 aromatic carbocycles. The van der Waals surface area contributed by atoms with Crippen molar-refractivity contribution in [3.63, 3.8) is 0 Å². The van der Waals surface area contributed by atoms with Crippen LogP contribution in [0.4, 0.5) is 19.0 Å². The second-order valence-corrected chi connectivity index (χ2v) is 18.9. The molecule has 21 heteroatoms. The molecule has 7 atom stereocenters. The summed E-state index contributed by atoms with van der Waals surface area (Å²) in [6.07, 6.45) is 4.55.